The molecule has 0 saturated heterocycles. The molecule has 1 aliphatic rings. The van der Waals surface area contributed by atoms with E-state index < -0.39 is 6.61 Å². The maximum Gasteiger partial charge on any atom is 0.387 e. The largest absolute Gasteiger partial charge is 0.493 e. The van der Waals surface area contributed by atoms with Crippen LogP contribution < -0.4 is 9.47 Å². The Hall–Kier alpha value is -1.85. The molecule has 1 aromatic rings. The van der Waals surface area contributed by atoms with Gasteiger partial charge in [-0.2, -0.15) is 8.78 Å². The number of oxime groups is 1. The maximum absolute atomic E-state index is 12.1. The summed E-state index contributed by atoms with van der Waals surface area (Å²) >= 11 is 0. The van der Waals surface area contributed by atoms with Gasteiger partial charge in [-0.1, -0.05) is 5.16 Å². The molecule has 1 aromatic carbocycles. The molecule has 2 radical (unpaired) electrons. The second-order valence-electron chi connectivity index (χ2n) is 3.19. The van der Waals surface area contributed by atoms with E-state index in [-0.39, 0.29) is 11.5 Å². The van der Waals surface area contributed by atoms with Crippen LogP contribution in [0.3, 0.4) is 0 Å². The lowest BCUT2D eigenvalue weighted by atomic mass is 10.1. The van der Waals surface area contributed by atoms with Crippen LogP contribution in [-0.4, -0.2) is 19.4 Å². The van der Waals surface area contributed by atoms with E-state index >= 15 is 0 Å². The Labute approximate surface area is 96.8 Å². The van der Waals surface area contributed by atoms with E-state index in [1.54, 1.807) is 12.1 Å². The van der Waals surface area contributed by atoms with Crippen LogP contribution in [0, 0.1) is 6.61 Å². The van der Waals surface area contributed by atoms with Gasteiger partial charge in [0.25, 0.3) is 0 Å². The van der Waals surface area contributed by atoms with Crippen molar-refractivity contribution in [2.75, 3.05) is 7.11 Å². The molecule has 90 valence electrons. The molecule has 2 rings (SSSR count). The fourth-order valence-corrected chi connectivity index (χ4v) is 1.42. The molecule has 0 atom stereocenters. The molecule has 0 spiro atoms. The molecule has 6 heteroatoms. The molecule has 0 fully saturated rings. The van der Waals surface area contributed by atoms with Gasteiger partial charge in [0.15, 0.2) is 11.5 Å². The topological polar surface area (TPSA) is 40.0 Å². The summed E-state index contributed by atoms with van der Waals surface area (Å²) in [6.45, 7) is -0.326. The predicted octanol–water partition coefficient (Wildman–Crippen LogP) is 2.46. The van der Waals surface area contributed by atoms with E-state index in [1.807, 2.05) is 0 Å². The summed E-state index contributed by atoms with van der Waals surface area (Å²) in [4.78, 5) is 4.63. The Morgan fingerprint density at radius 2 is 2.24 bits per heavy atom. The van der Waals surface area contributed by atoms with E-state index in [0.717, 1.165) is 0 Å². The first-order valence-corrected chi connectivity index (χ1v) is 4.79. The maximum atomic E-state index is 12.1. The van der Waals surface area contributed by atoms with Crippen LogP contribution in [0.4, 0.5) is 8.78 Å². The number of ether oxygens (including phenoxy) is 2. The molecule has 1 heterocycles. The van der Waals surface area contributed by atoms with E-state index in [0.29, 0.717) is 17.7 Å². The monoisotopic (exact) mass is 241 g/mol. The molecular weight excluding hydrogens is 232 g/mol. The van der Waals surface area contributed by atoms with Gasteiger partial charge in [0, 0.05) is 12.0 Å². The molecule has 1 aliphatic heterocycles. The summed E-state index contributed by atoms with van der Waals surface area (Å²) in [5.41, 5.74) is 1.38. The SMILES string of the molecule is COc1cc(C2=NO[C]C2)ccc1OC(F)F. The van der Waals surface area contributed by atoms with Crippen molar-refractivity contribution in [3.05, 3.63) is 30.4 Å². The van der Waals surface area contributed by atoms with Crippen LogP contribution in [0.2, 0.25) is 0 Å². The van der Waals surface area contributed by atoms with Crippen LogP contribution in [0.1, 0.15) is 12.0 Å². The van der Waals surface area contributed by atoms with Crippen LogP contribution in [0.5, 0.6) is 11.5 Å². The van der Waals surface area contributed by atoms with Crippen molar-refractivity contribution < 1.29 is 23.1 Å². The van der Waals surface area contributed by atoms with Crippen molar-refractivity contribution in [1.29, 1.82) is 0 Å². The Balaban J connectivity index is 2.27. The minimum absolute atomic E-state index is 0.0151. The van der Waals surface area contributed by atoms with Crippen LogP contribution in [0.25, 0.3) is 0 Å². The van der Waals surface area contributed by atoms with E-state index in [4.69, 9.17) is 4.74 Å². The van der Waals surface area contributed by atoms with Crippen molar-refractivity contribution >= 4 is 5.71 Å². The molecule has 0 aliphatic carbocycles. The molecule has 17 heavy (non-hydrogen) atoms. The first-order chi connectivity index (χ1) is 8.20. The molecule has 0 saturated carbocycles. The fourth-order valence-electron chi connectivity index (χ4n) is 1.42. The smallest absolute Gasteiger partial charge is 0.387 e. The van der Waals surface area contributed by atoms with Gasteiger partial charge in [-0.15, -0.1) is 0 Å². The number of rotatable bonds is 4. The third-order valence-corrected chi connectivity index (χ3v) is 2.17. The first kappa shape index (κ1) is 11.6. The van der Waals surface area contributed by atoms with Crippen molar-refractivity contribution in [2.45, 2.75) is 13.0 Å². The van der Waals surface area contributed by atoms with Crippen molar-refractivity contribution in [2.24, 2.45) is 5.16 Å². The molecule has 0 bridgehead atoms. The molecular formula is C11H9F2NO3. The summed E-state index contributed by atoms with van der Waals surface area (Å²) in [5, 5.41) is 3.73. The Bertz CT molecular complexity index is 435. The summed E-state index contributed by atoms with van der Waals surface area (Å²) in [7, 11) is 1.38. The average Bonchev–Trinajstić information content (AvgIpc) is 2.82. The Morgan fingerprint density at radius 1 is 1.41 bits per heavy atom. The van der Waals surface area contributed by atoms with Crippen LogP contribution in [-0.2, 0) is 4.84 Å². The lowest BCUT2D eigenvalue weighted by molar-refractivity contribution is -0.0512. The quantitative estimate of drug-likeness (QED) is 0.812. The Morgan fingerprint density at radius 3 is 2.82 bits per heavy atom. The van der Waals surface area contributed by atoms with Crippen molar-refractivity contribution in [3.8, 4) is 11.5 Å². The number of nitrogens with zero attached hydrogens (tertiary/aromatic N) is 1. The van der Waals surface area contributed by atoms with E-state index in [2.05, 4.69) is 21.3 Å². The summed E-state index contributed by atoms with van der Waals surface area (Å²) < 4.78 is 33.5. The number of hydrogen-bond acceptors (Lipinski definition) is 4. The summed E-state index contributed by atoms with van der Waals surface area (Å²) in [5.74, 6) is 0.205. The van der Waals surface area contributed by atoms with Gasteiger partial charge in [0.1, 0.15) is 0 Å². The van der Waals surface area contributed by atoms with E-state index in [1.165, 1.54) is 13.2 Å². The zero-order valence-corrected chi connectivity index (χ0v) is 8.94. The number of halogens is 2. The van der Waals surface area contributed by atoms with Gasteiger partial charge < -0.3 is 14.3 Å². The van der Waals surface area contributed by atoms with Gasteiger partial charge >= 0.3 is 6.61 Å². The number of hydrogen-bond donors (Lipinski definition) is 0. The fraction of sp³-hybridized carbons (Fsp3) is 0.273. The summed E-state index contributed by atoms with van der Waals surface area (Å²) in [6.07, 6.45) is 0.443. The lowest BCUT2D eigenvalue weighted by Crippen LogP contribution is -2.05. The molecule has 0 amide bonds. The predicted molar refractivity (Wildman–Crippen MR) is 55.1 cm³/mol. The van der Waals surface area contributed by atoms with Gasteiger partial charge in [-0.25, -0.2) is 0 Å². The average molecular weight is 241 g/mol. The third-order valence-electron chi connectivity index (χ3n) is 2.17. The lowest BCUT2D eigenvalue weighted by Gasteiger charge is -2.10. The highest BCUT2D eigenvalue weighted by Gasteiger charge is 2.16. The molecule has 0 aromatic heterocycles. The van der Waals surface area contributed by atoms with Gasteiger partial charge in [0.05, 0.1) is 12.8 Å². The Kier molecular flexibility index (Phi) is 3.41. The minimum Gasteiger partial charge on any atom is -0.493 e. The van der Waals surface area contributed by atoms with Gasteiger partial charge in [0.2, 0.25) is 6.61 Å². The van der Waals surface area contributed by atoms with Crippen LogP contribution >= 0.6 is 0 Å². The van der Waals surface area contributed by atoms with Crippen molar-refractivity contribution in [3.63, 3.8) is 0 Å². The first-order valence-electron chi connectivity index (χ1n) is 4.79. The van der Waals surface area contributed by atoms with E-state index in [9.17, 15) is 8.78 Å². The molecule has 4 nitrogen and oxygen atoms in total. The second kappa shape index (κ2) is 4.99. The van der Waals surface area contributed by atoms with Crippen LogP contribution in [0.15, 0.2) is 23.4 Å². The minimum atomic E-state index is -2.89. The van der Waals surface area contributed by atoms with Gasteiger partial charge in [-0.05, 0) is 18.2 Å². The van der Waals surface area contributed by atoms with Crippen molar-refractivity contribution in [1.82, 2.24) is 0 Å². The zero-order valence-electron chi connectivity index (χ0n) is 8.94. The molecule has 0 N–H and O–H groups in total. The number of methoxy groups -OCH3 is 1. The zero-order chi connectivity index (χ0) is 12.3. The second-order valence-corrected chi connectivity index (χ2v) is 3.19. The normalized spacial score (nSPS) is 14.5. The number of benzene rings is 1. The molecule has 0 unspecified atom stereocenters. The highest BCUT2D eigenvalue weighted by molar-refractivity contribution is 6.02. The highest BCUT2D eigenvalue weighted by Crippen LogP contribution is 2.30. The van der Waals surface area contributed by atoms with Gasteiger partial charge in [-0.3, -0.25) is 0 Å². The summed E-state index contributed by atoms with van der Waals surface area (Å²) in [6, 6.07) is 4.57. The highest BCUT2D eigenvalue weighted by atomic mass is 19.3. The third kappa shape index (κ3) is 2.64. The number of alkyl halides is 2. The standard InChI is InChI=1S/C11H9F2NO3/c1-15-10-6-7(8-4-5-16-14-8)2-3-9(10)17-11(12)13/h2-3,6,11H,4H2,1H3.